The van der Waals surface area contributed by atoms with Gasteiger partial charge in [0.1, 0.15) is 0 Å². The van der Waals surface area contributed by atoms with Crippen molar-refractivity contribution in [2.75, 3.05) is 18.4 Å². The Kier molecular flexibility index (Phi) is 4.42. The SMILES string of the molecule is O=C(O)[C@@H]1CCCN(C(=O)Nc2cccc(Br)c2)C1. The van der Waals surface area contributed by atoms with E-state index >= 15 is 0 Å². The van der Waals surface area contributed by atoms with Gasteiger partial charge in [0, 0.05) is 23.2 Å². The fourth-order valence-corrected chi connectivity index (χ4v) is 2.53. The van der Waals surface area contributed by atoms with Crippen LogP contribution in [0.15, 0.2) is 28.7 Å². The second-order valence-electron chi connectivity index (χ2n) is 4.56. The van der Waals surface area contributed by atoms with Crippen molar-refractivity contribution in [2.24, 2.45) is 5.92 Å². The molecule has 1 fully saturated rings. The number of nitrogens with zero attached hydrogens (tertiary/aromatic N) is 1. The molecule has 0 unspecified atom stereocenters. The maximum atomic E-state index is 12.1. The van der Waals surface area contributed by atoms with Crippen molar-refractivity contribution in [3.8, 4) is 0 Å². The highest BCUT2D eigenvalue weighted by Gasteiger charge is 2.28. The van der Waals surface area contributed by atoms with Crippen LogP contribution in [0.25, 0.3) is 0 Å². The maximum Gasteiger partial charge on any atom is 0.321 e. The first-order chi connectivity index (χ1) is 9.06. The number of urea groups is 1. The minimum absolute atomic E-state index is 0.246. The first kappa shape index (κ1) is 13.9. The van der Waals surface area contributed by atoms with E-state index in [0.717, 1.165) is 10.9 Å². The third-order valence-corrected chi connectivity index (χ3v) is 3.63. The third-order valence-electron chi connectivity index (χ3n) is 3.13. The van der Waals surface area contributed by atoms with Gasteiger partial charge in [0.05, 0.1) is 5.92 Å². The normalized spacial score (nSPS) is 19.0. The molecule has 2 rings (SSSR count). The molecule has 1 aromatic carbocycles. The summed E-state index contributed by atoms with van der Waals surface area (Å²) in [6, 6.07) is 7.05. The van der Waals surface area contributed by atoms with E-state index in [1.807, 2.05) is 12.1 Å². The molecule has 2 N–H and O–H groups in total. The highest BCUT2D eigenvalue weighted by atomic mass is 79.9. The Morgan fingerprint density at radius 3 is 2.89 bits per heavy atom. The van der Waals surface area contributed by atoms with Crippen molar-refractivity contribution in [1.82, 2.24) is 4.90 Å². The number of carbonyl (C=O) groups is 2. The Hall–Kier alpha value is -1.56. The van der Waals surface area contributed by atoms with E-state index in [1.165, 1.54) is 0 Å². The molecule has 1 saturated heterocycles. The molecule has 1 aliphatic heterocycles. The van der Waals surface area contributed by atoms with Crippen LogP contribution >= 0.6 is 15.9 Å². The van der Waals surface area contributed by atoms with Crippen LogP contribution in [0, 0.1) is 5.92 Å². The van der Waals surface area contributed by atoms with Crippen molar-refractivity contribution < 1.29 is 14.7 Å². The second kappa shape index (κ2) is 6.06. The van der Waals surface area contributed by atoms with Crippen molar-refractivity contribution in [3.05, 3.63) is 28.7 Å². The number of hydrogen-bond acceptors (Lipinski definition) is 2. The molecule has 0 aromatic heterocycles. The van der Waals surface area contributed by atoms with Gasteiger partial charge in [0.15, 0.2) is 0 Å². The summed E-state index contributed by atoms with van der Waals surface area (Å²) in [5.74, 6) is -1.29. The van der Waals surface area contributed by atoms with Crippen LogP contribution in [0.2, 0.25) is 0 Å². The van der Waals surface area contributed by atoms with Crippen molar-refractivity contribution in [3.63, 3.8) is 0 Å². The Bertz CT molecular complexity index is 493. The van der Waals surface area contributed by atoms with E-state index in [1.54, 1.807) is 17.0 Å². The van der Waals surface area contributed by atoms with E-state index in [9.17, 15) is 9.59 Å². The zero-order valence-corrected chi connectivity index (χ0v) is 11.9. The zero-order chi connectivity index (χ0) is 13.8. The summed E-state index contributed by atoms with van der Waals surface area (Å²) in [5, 5.41) is 11.8. The van der Waals surface area contributed by atoms with E-state index in [2.05, 4.69) is 21.2 Å². The number of likely N-dealkylation sites (tertiary alicyclic amines) is 1. The molecule has 1 atom stereocenters. The third kappa shape index (κ3) is 3.70. The van der Waals surface area contributed by atoms with E-state index < -0.39 is 11.9 Å². The molecule has 2 amide bonds. The Balaban J connectivity index is 1.98. The largest absolute Gasteiger partial charge is 0.481 e. The van der Waals surface area contributed by atoms with Gasteiger partial charge in [-0.25, -0.2) is 4.79 Å². The van der Waals surface area contributed by atoms with Gasteiger partial charge in [-0.2, -0.15) is 0 Å². The average molecular weight is 327 g/mol. The number of nitrogens with one attached hydrogen (secondary N) is 1. The van der Waals surface area contributed by atoms with Crippen LogP contribution in [-0.4, -0.2) is 35.1 Å². The fraction of sp³-hybridized carbons (Fsp3) is 0.385. The van der Waals surface area contributed by atoms with Crippen LogP contribution in [0.4, 0.5) is 10.5 Å². The molecule has 0 aliphatic carbocycles. The summed E-state index contributed by atoms with van der Waals surface area (Å²) in [5.41, 5.74) is 0.692. The second-order valence-corrected chi connectivity index (χ2v) is 5.48. The summed E-state index contributed by atoms with van der Waals surface area (Å²) in [4.78, 5) is 24.6. The molecule has 5 nitrogen and oxygen atoms in total. The number of carboxylic acids is 1. The molecule has 0 spiro atoms. The first-order valence-electron chi connectivity index (χ1n) is 6.10. The molecule has 6 heteroatoms. The average Bonchev–Trinajstić information content (AvgIpc) is 2.39. The van der Waals surface area contributed by atoms with E-state index in [4.69, 9.17) is 5.11 Å². The lowest BCUT2D eigenvalue weighted by Crippen LogP contribution is -2.44. The number of hydrogen-bond donors (Lipinski definition) is 2. The van der Waals surface area contributed by atoms with Crippen LogP contribution in [-0.2, 0) is 4.79 Å². The van der Waals surface area contributed by atoms with Crippen LogP contribution in [0.5, 0.6) is 0 Å². The van der Waals surface area contributed by atoms with Crippen molar-refractivity contribution >= 4 is 33.6 Å². The lowest BCUT2D eigenvalue weighted by atomic mass is 9.99. The molecule has 1 heterocycles. The maximum absolute atomic E-state index is 12.1. The number of amides is 2. The van der Waals surface area contributed by atoms with Gasteiger partial charge in [0.2, 0.25) is 0 Å². The van der Waals surface area contributed by atoms with E-state index in [0.29, 0.717) is 18.7 Å². The molecule has 0 bridgehead atoms. The van der Waals surface area contributed by atoms with Crippen LogP contribution in [0.3, 0.4) is 0 Å². The predicted octanol–water partition coefficient (Wildman–Crippen LogP) is 2.78. The molecule has 19 heavy (non-hydrogen) atoms. The topological polar surface area (TPSA) is 69.6 Å². The summed E-state index contributed by atoms with van der Waals surface area (Å²) in [6.07, 6.45) is 1.36. The van der Waals surface area contributed by atoms with Gasteiger partial charge >= 0.3 is 12.0 Å². The lowest BCUT2D eigenvalue weighted by Gasteiger charge is -2.30. The fourth-order valence-electron chi connectivity index (χ4n) is 2.13. The number of rotatable bonds is 2. The van der Waals surface area contributed by atoms with Crippen LogP contribution < -0.4 is 5.32 Å². The number of halogens is 1. The van der Waals surface area contributed by atoms with Gasteiger partial charge in [-0.05, 0) is 31.0 Å². The molecule has 1 aliphatic rings. The van der Waals surface area contributed by atoms with Gasteiger partial charge in [0.25, 0.3) is 0 Å². The van der Waals surface area contributed by atoms with Crippen molar-refractivity contribution in [1.29, 1.82) is 0 Å². The number of carbonyl (C=O) groups excluding carboxylic acids is 1. The smallest absolute Gasteiger partial charge is 0.321 e. The first-order valence-corrected chi connectivity index (χ1v) is 6.90. The van der Waals surface area contributed by atoms with Crippen LogP contribution in [0.1, 0.15) is 12.8 Å². The van der Waals surface area contributed by atoms with E-state index in [-0.39, 0.29) is 12.6 Å². The quantitative estimate of drug-likeness (QED) is 0.877. The highest BCUT2D eigenvalue weighted by molar-refractivity contribution is 9.10. The molecule has 0 radical (unpaired) electrons. The van der Waals surface area contributed by atoms with Gasteiger partial charge in [-0.15, -0.1) is 0 Å². The summed E-state index contributed by atoms with van der Waals surface area (Å²) in [6.45, 7) is 0.874. The molecule has 1 aromatic rings. The number of carboxylic acid groups (broad SMARTS) is 1. The zero-order valence-electron chi connectivity index (χ0n) is 10.3. The number of benzene rings is 1. The van der Waals surface area contributed by atoms with Gasteiger partial charge in [-0.3, -0.25) is 4.79 Å². The predicted molar refractivity (Wildman–Crippen MR) is 75.1 cm³/mol. The monoisotopic (exact) mass is 326 g/mol. The number of aliphatic carboxylic acids is 1. The minimum atomic E-state index is -0.833. The Labute approximate surface area is 119 Å². The lowest BCUT2D eigenvalue weighted by molar-refractivity contribution is -0.143. The standard InChI is InChI=1S/C13H15BrN2O3/c14-10-4-1-5-11(7-10)15-13(19)16-6-2-3-9(8-16)12(17)18/h1,4-5,7,9H,2-3,6,8H2,(H,15,19)(H,17,18)/t9-/m1/s1. The molecule has 0 saturated carbocycles. The number of anilines is 1. The molecular weight excluding hydrogens is 312 g/mol. The summed E-state index contributed by atoms with van der Waals surface area (Å²) in [7, 11) is 0. The molecular formula is C13H15BrN2O3. The minimum Gasteiger partial charge on any atom is -0.481 e. The number of piperidine rings is 1. The molecule has 102 valence electrons. The summed E-state index contributed by atoms with van der Waals surface area (Å²) < 4.78 is 0.882. The summed E-state index contributed by atoms with van der Waals surface area (Å²) >= 11 is 3.33. The Morgan fingerprint density at radius 1 is 1.42 bits per heavy atom. The highest BCUT2D eigenvalue weighted by Crippen LogP contribution is 2.19. The van der Waals surface area contributed by atoms with Gasteiger partial charge < -0.3 is 15.3 Å². The Morgan fingerprint density at radius 2 is 2.21 bits per heavy atom. The van der Waals surface area contributed by atoms with Gasteiger partial charge in [-0.1, -0.05) is 22.0 Å². The van der Waals surface area contributed by atoms with Crippen molar-refractivity contribution in [2.45, 2.75) is 12.8 Å².